The number of carboxylic acid groups (broad SMARTS) is 1. The molecule has 1 aliphatic rings. The Morgan fingerprint density at radius 3 is 2.67 bits per heavy atom. The van der Waals surface area contributed by atoms with Gasteiger partial charge in [-0.15, -0.1) is 11.3 Å². The van der Waals surface area contributed by atoms with Crippen LogP contribution in [0.15, 0.2) is 78.4 Å². The van der Waals surface area contributed by atoms with Crippen LogP contribution in [0.5, 0.6) is 0 Å². The molecule has 1 unspecified atom stereocenters. The number of carbonyl (C=O) groups excluding carboxylic acids is 1. The van der Waals surface area contributed by atoms with Gasteiger partial charge in [-0.05, 0) is 54.7 Å². The quantitative estimate of drug-likeness (QED) is 0.209. The van der Waals surface area contributed by atoms with Crippen LogP contribution in [0.3, 0.4) is 0 Å². The first-order chi connectivity index (χ1) is 19.4. The molecule has 9 heteroatoms. The molecular weight excluding hydrogens is 544 g/mol. The topological polar surface area (TPSA) is 88.3 Å². The fourth-order valence-electron chi connectivity index (χ4n) is 5.10. The molecule has 0 spiro atoms. The molecule has 0 aliphatic heterocycles. The van der Waals surface area contributed by atoms with Gasteiger partial charge in [-0.3, -0.25) is 14.5 Å². The van der Waals surface area contributed by atoms with Crippen LogP contribution in [0.2, 0.25) is 5.02 Å². The molecule has 5 aromatic rings. The first kappa shape index (κ1) is 26.2. The molecule has 6 rings (SSSR count). The highest BCUT2D eigenvalue weighted by atomic mass is 35.5. The lowest BCUT2D eigenvalue weighted by Gasteiger charge is -2.25. The summed E-state index contributed by atoms with van der Waals surface area (Å²) in [6.45, 7) is 0. The van der Waals surface area contributed by atoms with E-state index in [1.54, 1.807) is 4.90 Å². The Labute approximate surface area is 240 Å². The smallest absolute Gasteiger partial charge is 0.304 e. The first-order valence-corrected chi connectivity index (χ1v) is 14.4. The molecular formula is C31H27ClN4O3S. The first-order valence-electron chi connectivity index (χ1n) is 13.1. The minimum atomic E-state index is -0.989. The monoisotopic (exact) mass is 570 g/mol. The number of halogens is 1. The fourth-order valence-corrected chi connectivity index (χ4v) is 6.17. The van der Waals surface area contributed by atoms with E-state index in [4.69, 9.17) is 16.6 Å². The molecule has 202 valence electrons. The molecule has 1 aliphatic carbocycles. The largest absolute Gasteiger partial charge is 0.481 e. The summed E-state index contributed by atoms with van der Waals surface area (Å²) < 4.78 is 1.98. The maximum atomic E-state index is 13.9. The minimum Gasteiger partial charge on any atom is -0.481 e. The molecule has 2 aromatic carbocycles. The van der Waals surface area contributed by atoms with Gasteiger partial charge in [0.1, 0.15) is 5.65 Å². The maximum absolute atomic E-state index is 13.9. The Kier molecular flexibility index (Phi) is 7.12. The van der Waals surface area contributed by atoms with E-state index in [1.807, 2.05) is 84.0 Å². The summed E-state index contributed by atoms with van der Waals surface area (Å²) in [5.74, 6) is -1.87. The van der Waals surface area contributed by atoms with Crippen molar-refractivity contribution in [3.05, 3.63) is 89.0 Å². The summed E-state index contributed by atoms with van der Waals surface area (Å²) in [5.41, 5.74) is 5.28. The van der Waals surface area contributed by atoms with E-state index in [1.165, 1.54) is 11.3 Å². The van der Waals surface area contributed by atoms with Gasteiger partial charge in [0.25, 0.3) is 0 Å². The Bertz CT molecular complexity index is 1710. The van der Waals surface area contributed by atoms with Crippen molar-refractivity contribution in [2.45, 2.75) is 31.7 Å². The number of carboxylic acids is 1. The lowest BCUT2D eigenvalue weighted by atomic mass is 9.94. The lowest BCUT2D eigenvalue weighted by Crippen LogP contribution is -2.39. The average Bonchev–Trinajstić information content (AvgIpc) is 3.54. The maximum Gasteiger partial charge on any atom is 0.304 e. The molecule has 1 atom stereocenters. The van der Waals surface area contributed by atoms with Crippen molar-refractivity contribution < 1.29 is 14.7 Å². The standard InChI is InChI=1S/C31H27ClN4O3S/c1-35-12-11-20-14-22(17-33-29(20)35)25-10-7-23(32)16-26(25)27-18-40-31(34-27)36(24-8-9-24)30(39)21(15-28(37)38)13-19-5-3-2-4-6-19/h2-7,10-12,14,16-18,21,24H,8-9,13,15H2,1H3,(H,37,38). The zero-order valence-corrected chi connectivity index (χ0v) is 23.4. The number of rotatable bonds is 9. The van der Waals surface area contributed by atoms with Crippen LogP contribution in [-0.4, -0.2) is 37.6 Å². The van der Waals surface area contributed by atoms with E-state index in [-0.39, 0.29) is 18.4 Å². The molecule has 0 bridgehead atoms. The summed E-state index contributed by atoms with van der Waals surface area (Å²) in [7, 11) is 1.97. The summed E-state index contributed by atoms with van der Waals surface area (Å²) in [5, 5.41) is 13.7. The van der Waals surface area contributed by atoms with Gasteiger partial charge in [0.15, 0.2) is 5.13 Å². The summed E-state index contributed by atoms with van der Waals surface area (Å²) >= 11 is 7.83. The van der Waals surface area contributed by atoms with Crippen LogP contribution in [0.25, 0.3) is 33.4 Å². The number of benzene rings is 2. The van der Waals surface area contributed by atoms with Crippen LogP contribution in [0, 0.1) is 5.92 Å². The van der Waals surface area contributed by atoms with E-state index >= 15 is 0 Å². The lowest BCUT2D eigenvalue weighted by molar-refractivity contribution is -0.140. The molecule has 40 heavy (non-hydrogen) atoms. The third-order valence-corrected chi connectivity index (χ3v) is 8.29. The molecule has 0 saturated heterocycles. The van der Waals surface area contributed by atoms with Crippen molar-refractivity contribution in [2.24, 2.45) is 13.0 Å². The van der Waals surface area contributed by atoms with Crippen molar-refractivity contribution in [1.29, 1.82) is 0 Å². The summed E-state index contributed by atoms with van der Waals surface area (Å²) in [6, 6.07) is 19.4. The van der Waals surface area contributed by atoms with Crippen LogP contribution < -0.4 is 4.90 Å². The second-order valence-corrected chi connectivity index (χ2v) is 11.5. The number of pyridine rings is 1. The third kappa shape index (κ3) is 5.37. The Morgan fingerprint density at radius 1 is 1.12 bits per heavy atom. The van der Waals surface area contributed by atoms with Gasteiger partial charge in [0.2, 0.25) is 5.91 Å². The zero-order chi connectivity index (χ0) is 27.8. The van der Waals surface area contributed by atoms with Gasteiger partial charge in [-0.2, -0.15) is 0 Å². The predicted molar refractivity (Wildman–Crippen MR) is 159 cm³/mol. The summed E-state index contributed by atoms with van der Waals surface area (Å²) in [6.07, 6.45) is 5.70. The number of aliphatic carboxylic acids is 1. The number of aromatic nitrogens is 3. The highest BCUT2D eigenvalue weighted by molar-refractivity contribution is 7.14. The zero-order valence-electron chi connectivity index (χ0n) is 21.8. The van der Waals surface area contributed by atoms with Gasteiger partial charge in [0, 0.05) is 52.4 Å². The number of aryl methyl sites for hydroxylation is 1. The number of thiazole rings is 1. The Balaban J connectivity index is 1.35. The van der Waals surface area contributed by atoms with E-state index in [2.05, 4.69) is 11.1 Å². The van der Waals surface area contributed by atoms with Gasteiger partial charge < -0.3 is 9.67 Å². The number of amides is 1. The molecule has 3 aromatic heterocycles. The van der Waals surface area contributed by atoms with E-state index < -0.39 is 11.9 Å². The van der Waals surface area contributed by atoms with Crippen LogP contribution in [0.1, 0.15) is 24.8 Å². The van der Waals surface area contributed by atoms with Crippen LogP contribution in [-0.2, 0) is 23.1 Å². The van der Waals surface area contributed by atoms with E-state index in [0.29, 0.717) is 22.3 Å². The average molecular weight is 571 g/mol. The molecule has 1 amide bonds. The molecule has 7 nitrogen and oxygen atoms in total. The number of nitrogens with zero attached hydrogens (tertiary/aromatic N) is 4. The Hall–Kier alpha value is -4.01. The highest BCUT2D eigenvalue weighted by Crippen LogP contribution is 2.40. The molecule has 3 heterocycles. The number of hydrogen-bond donors (Lipinski definition) is 1. The van der Waals surface area contributed by atoms with Gasteiger partial charge in [-0.1, -0.05) is 48.0 Å². The second-order valence-electron chi connectivity index (χ2n) is 10.2. The number of fused-ring (bicyclic) bond motifs is 1. The summed E-state index contributed by atoms with van der Waals surface area (Å²) in [4.78, 5) is 36.9. The van der Waals surface area contributed by atoms with Crippen molar-refractivity contribution in [3.63, 3.8) is 0 Å². The van der Waals surface area contributed by atoms with Crippen molar-refractivity contribution in [2.75, 3.05) is 4.90 Å². The molecule has 1 N–H and O–H groups in total. The van der Waals surface area contributed by atoms with Gasteiger partial charge in [-0.25, -0.2) is 9.97 Å². The van der Waals surface area contributed by atoms with Crippen LogP contribution in [0.4, 0.5) is 5.13 Å². The minimum absolute atomic E-state index is 0.0297. The normalized spacial score (nSPS) is 13.8. The second kappa shape index (κ2) is 10.9. The third-order valence-electron chi connectivity index (χ3n) is 7.22. The highest BCUT2D eigenvalue weighted by Gasteiger charge is 2.39. The number of hydrogen-bond acceptors (Lipinski definition) is 5. The van der Waals surface area contributed by atoms with Crippen LogP contribution >= 0.6 is 22.9 Å². The van der Waals surface area contributed by atoms with Crippen molar-refractivity contribution in [1.82, 2.24) is 14.5 Å². The number of anilines is 1. The van der Waals surface area contributed by atoms with E-state index in [0.717, 1.165) is 46.1 Å². The number of carbonyl (C=O) groups is 2. The predicted octanol–water partition coefficient (Wildman–Crippen LogP) is 6.85. The van der Waals surface area contributed by atoms with Gasteiger partial charge >= 0.3 is 5.97 Å². The van der Waals surface area contributed by atoms with Crippen molar-refractivity contribution >= 4 is 51.0 Å². The van der Waals surface area contributed by atoms with Gasteiger partial charge in [0.05, 0.1) is 18.0 Å². The van der Waals surface area contributed by atoms with E-state index in [9.17, 15) is 14.7 Å². The SMILES string of the molecule is Cn1ccc2cc(-c3ccc(Cl)cc3-c3csc(N(C(=O)C(CC(=O)O)Cc4ccccc4)C4CC4)n3)cnc21. The molecule has 1 saturated carbocycles. The molecule has 0 radical (unpaired) electrons. The molecule has 1 fully saturated rings. The van der Waals surface area contributed by atoms with Crippen molar-refractivity contribution in [3.8, 4) is 22.4 Å². The Morgan fingerprint density at radius 2 is 1.93 bits per heavy atom. The fraction of sp³-hybridized carbons (Fsp3) is 0.226.